The van der Waals surface area contributed by atoms with E-state index in [0.717, 1.165) is 30.8 Å². The Morgan fingerprint density at radius 2 is 1.82 bits per heavy atom. The molecule has 0 atom stereocenters. The highest BCUT2D eigenvalue weighted by molar-refractivity contribution is 6.30. The van der Waals surface area contributed by atoms with Crippen LogP contribution >= 0.6 is 23.2 Å². The molecule has 0 saturated carbocycles. The van der Waals surface area contributed by atoms with Gasteiger partial charge < -0.3 is 10.1 Å². The second-order valence-electron chi connectivity index (χ2n) is 9.99. The zero-order valence-corrected chi connectivity index (χ0v) is 22.9. The number of alkyl halides is 3. The third-order valence-electron chi connectivity index (χ3n) is 7.36. The molecule has 1 fully saturated rings. The summed E-state index contributed by atoms with van der Waals surface area (Å²) >= 11 is 11.9. The van der Waals surface area contributed by atoms with E-state index in [1.54, 1.807) is 23.2 Å². The fourth-order valence-electron chi connectivity index (χ4n) is 5.36. The van der Waals surface area contributed by atoms with Crippen LogP contribution in [0.5, 0.6) is 5.75 Å². The number of pyridine rings is 1. The third kappa shape index (κ3) is 6.71. The van der Waals surface area contributed by atoms with E-state index >= 15 is 0 Å². The highest BCUT2D eigenvalue weighted by atomic mass is 35.5. The van der Waals surface area contributed by atoms with E-state index < -0.39 is 11.8 Å². The van der Waals surface area contributed by atoms with Crippen LogP contribution in [0.15, 0.2) is 66.9 Å². The summed E-state index contributed by atoms with van der Waals surface area (Å²) in [4.78, 5) is 21.2. The molecule has 1 saturated heterocycles. The Kier molecular flexibility index (Phi) is 8.26. The zero-order chi connectivity index (χ0) is 28.3. The number of benzene rings is 2. The number of aromatic nitrogens is 1. The smallest absolute Gasteiger partial charge is 0.406 e. The number of likely N-dealkylation sites (tertiary alicyclic amines) is 1. The number of urea groups is 1. The van der Waals surface area contributed by atoms with E-state index in [2.05, 4.69) is 26.0 Å². The van der Waals surface area contributed by atoms with Crippen LogP contribution < -0.4 is 15.0 Å². The number of piperidine rings is 1. The molecule has 6 nitrogen and oxygen atoms in total. The lowest BCUT2D eigenvalue weighted by Crippen LogP contribution is -2.47. The molecule has 0 bridgehead atoms. The van der Waals surface area contributed by atoms with Gasteiger partial charge in [-0.2, -0.15) is 0 Å². The van der Waals surface area contributed by atoms with Gasteiger partial charge in [0.2, 0.25) is 0 Å². The molecular weight excluding hydrogens is 564 g/mol. The number of amides is 2. The van der Waals surface area contributed by atoms with Crippen molar-refractivity contribution < 1.29 is 22.7 Å². The first-order valence-corrected chi connectivity index (χ1v) is 13.6. The number of nitrogens with zero attached hydrogens (tertiary/aromatic N) is 3. The van der Waals surface area contributed by atoms with E-state index in [4.69, 9.17) is 23.2 Å². The van der Waals surface area contributed by atoms with Gasteiger partial charge in [0.15, 0.2) is 0 Å². The average molecular weight is 591 g/mol. The van der Waals surface area contributed by atoms with Crippen molar-refractivity contribution in [1.29, 1.82) is 0 Å². The normalized spacial score (nSPS) is 16.9. The minimum Gasteiger partial charge on any atom is -0.406 e. The molecule has 3 heterocycles. The van der Waals surface area contributed by atoms with Crippen molar-refractivity contribution in [2.24, 2.45) is 0 Å². The van der Waals surface area contributed by atoms with Crippen LogP contribution in [0.2, 0.25) is 10.2 Å². The number of anilines is 1. The number of carbonyl (C=O) groups excluding carboxylic acids is 1. The lowest BCUT2D eigenvalue weighted by atomic mass is 9.74. The maximum atomic E-state index is 13.3. The Bertz CT molecular complexity index is 1390. The molecule has 11 heteroatoms. The number of rotatable bonds is 6. The van der Waals surface area contributed by atoms with Crippen LogP contribution in [-0.4, -0.2) is 48.5 Å². The van der Waals surface area contributed by atoms with Gasteiger partial charge in [-0.3, -0.25) is 9.80 Å². The number of fused-ring (bicyclic) bond motifs is 2. The van der Waals surface area contributed by atoms with Crippen LogP contribution in [0.1, 0.15) is 29.5 Å². The zero-order valence-electron chi connectivity index (χ0n) is 21.4. The lowest BCUT2D eigenvalue weighted by molar-refractivity contribution is -0.274. The topological polar surface area (TPSA) is 57.7 Å². The maximum Gasteiger partial charge on any atom is 0.573 e. The fourth-order valence-corrected chi connectivity index (χ4v) is 5.68. The van der Waals surface area contributed by atoms with Crippen molar-refractivity contribution in [1.82, 2.24) is 15.2 Å². The number of hydrogen-bond donors (Lipinski definition) is 1. The monoisotopic (exact) mass is 590 g/mol. The van der Waals surface area contributed by atoms with Crippen molar-refractivity contribution >= 4 is 41.0 Å². The van der Waals surface area contributed by atoms with Crippen LogP contribution in [0.3, 0.4) is 0 Å². The summed E-state index contributed by atoms with van der Waals surface area (Å²) < 4.78 is 43.2. The van der Waals surface area contributed by atoms with Crippen LogP contribution in [0.25, 0.3) is 6.08 Å². The summed E-state index contributed by atoms with van der Waals surface area (Å²) in [5.74, 6) is -0.285. The van der Waals surface area contributed by atoms with Gasteiger partial charge >= 0.3 is 12.4 Å². The van der Waals surface area contributed by atoms with Crippen molar-refractivity contribution in [3.63, 3.8) is 0 Å². The summed E-state index contributed by atoms with van der Waals surface area (Å²) in [5.41, 5.74) is 2.66. The highest BCUT2D eigenvalue weighted by Gasteiger charge is 2.47. The van der Waals surface area contributed by atoms with Gasteiger partial charge in [0.05, 0.1) is 0 Å². The predicted octanol–water partition coefficient (Wildman–Crippen LogP) is 7.06. The number of halogens is 5. The summed E-state index contributed by atoms with van der Waals surface area (Å²) in [6, 6.07) is 14.9. The van der Waals surface area contributed by atoms with E-state index in [1.807, 2.05) is 30.3 Å². The molecule has 40 heavy (non-hydrogen) atoms. The minimum atomic E-state index is -4.80. The Morgan fingerprint density at radius 3 is 2.52 bits per heavy atom. The SMILES string of the molecule is O=C(NCc1ccnc(Cl)c1)N1CC2(CCN(CC=Cc3ccc(Cl)cc3)CC2)c2cc(OC(F)(F)F)ccc21. The molecule has 0 radical (unpaired) electrons. The van der Waals surface area contributed by atoms with Crippen LogP contribution in [0, 0.1) is 0 Å². The lowest BCUT2D eigenvalue weighted by Gasteiger charge is -2.39. The van der Waals surface area contributed by atoms with Gasteiger partial charge in [-0.1, -0.05) is 47.5 Å². The molecule has 3 aromatic rings. The van der Waals surface area contributed by atoms with Crippen molar-refractivity contribution in [2.75, 3.05) is 31.1 Å². The number of ether oxygens (including phenoxy) is 1. The summed E-state index contributed by atoms with van der Waals surface area (Å²) in [5, 5.41) is 3.91. The van der Waals surface area contributed by atoms with Gasteiger partial charge in [-0.05, 0) is 85.1 Å². The van der Waals surface area contributed by atoms with E-state index in [1.165, 1.54) is 18.2 Å². The minimum absolute atomic E-state index is 0.239. The summed E-state index contributed by atoms with van der Waals surface area (Å²) in [6.07, 6.45) is 2.26. The molecule has 0 aliphatic carbocycles. The standard InChI is InChI=1S/C29H27Cl2F3N4O2/c30-22-5-3-20(4-6-22)2-1-13-37-14-10-28(11-15-37)19-38(27(39)36-18-21-9-12-35-26(31)16-21)25-8-7-23(17-24(25)28)40-29(32,33)34/h1-9,12,16-17H,10-11,13-15,18-19H2,(H,36,39). The molecule has 210 valence electrons. The van der Waals surface area contributed by atoms with E-state index in [-0.39, 0.29) is 18.3 Å². The van der Waals surface area contributed by atoms with E-state index in [9.17, 15) is 18.0 Å². The average Bonchev–Trinajstić information content (AvgIpc) is 3.22. The van der Waals surface area contributed by atoms with E-state index in [0.29, 0.717) is 40.8 Å². The van der Waals surface area contributed by atoms with Crippen molar-refractivity contribution in [2.45, 2.75) is 31.2 Å². The molecule has 2 amide bonds. The van der Waals surface area contributed by atoms with Gasteiger partial charge in [0.1, 0.15) is 10.9 Å². The molecule has 2 aromatic carbocycles. The first-order chi connectivity index (χ1) is 19.1. The number of nitrogens with one attached hydrogen (secondary N) is 1. The molecule has 2 aliphatic heterocycles. The number of hydrogen-bond acceptors (Lipinski definition) is 4. The summed E-state index contributed by atoms with van der Waals surface area (Å²) in [7, 11) is 0. The fraction of sp³-hybridized carbons (Fsp3) is 0.310. The first kappa shape index (κ1) is 28.3. The van der Waals surface area contributed by atoms with Crippen molar-refractivity contribution in [3.05, 3.63) is 93.7 Å². The maximum absolute atomic E-state index is 13.3. The highest BCUT2D eigenvalue weighted by Crippen LogP contribution is 2.48. The van der Waals surface area contributed by atoms with Gasteiger partial charge in [-0.25, -0.2) is 9.78 Å². The molecule has 2 aliphatic rings. The molecular formula is C29H27Cl2F3N4O2. The Labute approximate surface area is 240 Å². The Morgan fingerprint density at radius 1 is 1.07 bits per heavy atom. The van der Waals surface area contributed by atoms with Gasteiger partial charge in [0.25, 0.3) is 0 Å². The van der Waals surface area contributed by atoms with Gasteiger partial charge in [0, 0.05) is 42.0 Å². The number of carbonyl (C=O) groups is 1. The second-order valence-corrected chi connectivity index (χ2v) is 10.8. The summed E-state index contributed by atoms with van der Waals surface area (Å²) in [6.45, 7) is 2.82. The third-order valence-corrected chi connectivity index (χ3v) is 7.82. The molecule has 5 rings (SSSR count). The first-order valence-electron chi connectivity index (χ1n) is 12.8. The molecule has 1 N–H and O–H groups in total. The van der Waals surface area contributed by atoms with Crippen LogP contribution in [-0.2, 0) is 12.0 Å². The van der Waals surface area contributed by atoms with Crippen molar-refractivity contribution in [3.8, 4) is 5.75 Å². The largest absolute Gasteiger partial charge is 0.573 e. The second kappa shape index (κ2) is 11.7. The Hall–Kier alpha value is -3.27. The molecule has 1 aromatic heterocycles. The molecule has 0 unspecified atom stereocenters. The van der Waals surface area contributed by atoms with Gasteiger partial charge in [-0.15, -0.1) is 13.2 Å². The predicted molar refractivity (Wildman–Crippen MR) is 150 cm³/mol. The molecule has 1 spiro atoms. The quantitative estimate of drug-likeness (QED) is 0.312. The van der Waals surface area contributed by atoms with Crippen LogP contribution in [0.4, 0.5) is 23.7 Å². The Balaban J connectivity index is 1.31.